The topological polar surface area (TPSA) is 52.7 Å². The van der Waals surface area contributed by atoms with Crippen LogP contribution < -0.4 is 10.2 Å². The lowest BCUT2D eigenvalue weighted by molar-refractivity contribution is -0.119. The number of amides is 2. The van der Waals surface area contributed by atoms with E-state index >= 15 is 0 Å². The molecule has 3 aromatic carbocycles. The van der Waals surface area contributed by atoms with Crippen LogP contribution in [0.15, 0.2) is 72.8 Å². The Labute approximate surface area is 215 Å². The van der Waals surface area contributed by atoms with Gasteiger partial charge in [0.2, 0.25) is 5.91 Å². The van der Waals surface area contributed by atoms with E-state index in [0.29, 0.717) is 12.1 Å². The Kier molecular flexibility index (Phi) is 8.09. The van der Waals surface area contributed by atoms with Gasteiger partial charge in [-0.05, 0) is 68.1 Å². The van der Waals surface area contributed by atoms with Crippen molar-refractivity contribution >= 4 is 23.2 Å². The van der Waals surface area contributed by atoms with E-state index in [4.69, 9.17) is 0 Å². The van der Waals surface area contributed by atoms with Crippen molar-refractivity contribution in [1.29, 1.82) is 0 Å². The number of hydrogen-bond acceptors (Lipinski definition) is 3. The highest BCUT2D eigenvalue weighted by atomic mass is 16.2. The van der Waals surface area contributed by atoms with Gasteiger partial charge in [-0.15, -0.1) is 0 Å². The van der Waals surface area contributed by atoms with Gasteiger partial charge in [0.15, 0.2) is 0 Å². The van der Waals surface area contributed by atoms with Gasteiger partial charge in [0.05, 0.1) is 6.04 Å². The molecule has 0 radical (unpaired) electrons. The van der Waals surface area contributed by atoms with Gasteiger partial charge in [-0.25, -0.2) is 0 Å². The quantitative estimate of drug-likeness (QED) is 0.393. The summed E-state index contributed by atoms with van der Waals surface area (Å²) >= 11 is 0. The third-order valence-corrected chi connectivity index (χ3v) is 7.17. The zero-order valence-corrected chi connectivity index (χ0v) is 21.8. The van der Waals surface area contributed by atoms with Crippen LogP contribution in [-0.2, 0) is 11.3 Å². The lowest BCUT2D eigenvalue weighted by Gasteiger charge is -2.32. The molecule has 0 aromatic heterocycles. The first-order valence-corrected chi connectivity index (χ1v) is 12.9. The van der Waals surface area contributed by atoms with E-state index in [1.54, 1.807) is 0 Å². The molecule has 1 N–H and O–H groups in total. The zero-order chi connectivity index (χ0) is 25.7. The van der Waals surface area contributed by atoms with Crippen LogP contribution >= 0.6 is 0 Å². The Morgan fingerprint density at radius 1 is 0.944 bits per heavy atom. The van der Waals surface area contributed by atoms with Crippen LogP contribution in [0.4, 0.5) is 11.4 Å². The van der Waals surface area contributed by atoms with Crippen LogP contribution in [0.2, 0.25) is 0 Å². The molecule has 0 aliphatic heterocycles. The molecule has 1 aliphatic carbocycles. The van der Waals surface area contributed by atoms with Crippen LogP contribution in [0.1, 0.15) is 65.7 Å². The van der Waals surface area contributed by atoms with Gasteiger partial charge in [-0.1, -0.05) is 60.9 Å². The summed E-state index contributed by atoms with van der Waals surface area (Å²) in [6.45, 7) is 4.50. The SMILES string of the molecule is Cc1cccc(C(=O)N(Cc2cc(NC(=O)C3CCCC3)ccc2N(C)C)[C@@H](C)c2ccccc2)c1. The molecule has 0 unspecified atom stereocenters. The number of carbonyl (C=O) groups excluding carboxylic acids is 2. The highest BCUT2D eigenvalue weighted by Gasteiger charge is 2.26. The highest BCUT2D eigenvalue weighted by Crippen LogP contribution is 2.31. The van der Waals surface area contributed by atoms with E-state index < -0.39 is 0 Å². The summed E-state index contributed by atoms with van der Waals surface area (Å²) < 4.78 is 0. The molecule has 4 rings (SSSR count). The van der Waals surface area contributed by atoms with Crippen LogP contribution in [0.5, 0.6) is 0 Å². The maximum absolute atomic E-state index is 13.9. The van der Waals surface area contributed by atoms with Gasteiger partial charge in [0, 0.05) is 43.5 Å². The molecule has 1 atom stereocenters. The lowest BCUT2D eigenvalue weighted by Crippen LogP contribution is -2.34. The van der Waals surface area contributed by atoms with Crippen molar-refractivity contribution < 1.29 is 9.59 Å². The summed E-state index contributed by atoms with van der Waals surface area (Å²) in [5, 5.41) is 3.13. The summed E-state index contributed by atoms with van der Waals surface area (Å²) in [6, 6.07) is 23.8. The number of anilines is 2. The first-order valence-electron chi connectivity index (χ1n) is 12.9. The molecule has 1 fully saturated rings. The molecule has 0 saturated heterocycles. The molecule has 36 heavy (non-hydrogen) atoms. The zero-order valence-electron chi connectivity index (χ0n) is 21.8. The lowest BCUT2D eigenvalue weighted by atomic mass is 10.0. The number of nitrogens with one attached hydrogen (secondary N) is 1. The fraction of sp³-hybridized carbons (Fsp3) is 0.355. The Morgan fingerprint density at radius 3 is 2.33 bits per heavy atom. The van der Waals surface area contributed by atoms with Crippen molar-refractivity contribution in [3.05, 3.63) is 95.1 Å². The number of rotatable bonds is 8. The van der Waals surface area contributed by atoms with E-state index in [-0.39, 0.29) is 23.8 Å². The average molecular weight is 484 g/mol. The van der Waals surface area contributed by atoms with Crippen molar-refractivity contribution in [3.8, 4) is 0 Å². The largest absolute Gasteiger partial charge is 0.377 e. The third kappa shape index (κ3) is 5.96. The Balaban J connectivity index is 1.68. The molecule has 0 heterocycles. The molecular formula is C31H37N3O2. The molecule has 5 nitrogen and oxygen atoms in total. The molecule has 2 amide bonds. The predicted octanol–water partition coefficient (Wildman–Crippen LogP) is 6.59. The van der Waals surface area contributed by atoms with Gasteiger partial charge < -0.3 is 15.1 Å². The molecule has 0 spiro atoms. The van der Waals surface area contributed by atoms with Crippen molar-refractivity contribution in [3.63, 3.8) is 0 Å². The minimum atomic E-state index is -0.133. The molecule has 1 aliphatic rings. The molecule has 5 heteroatoms. The highest BCUT2D eigenvalue weighted by molar-refractivity contribution is 5.95. The normalized spacial score (nSPS) is 14.3. The molecule has 188 valence electrons. The fourth-order valence-electron chi connectivity index (χ4n) is 5.08. The maximum Gasteiger partial charge on any atom is 0.254 e. The first kappa shape index (κ1) is 25.5. The molecular weight excluding hydrogens is 446 g/mol. The fourth-order valence-corrected chi connectivity index (χ4v) is 5.08. The van der Waals surface area contributed by atoms with Crippen molar-refractivity contribution in [2.75, 3.05) is 24.3 Å². The van der Waals surface area contributed by atoms with Gasteiger partial charge in [-0.3, -0.25) is 9.59 Å². The number of aryl methyl sites for hydroxylation is 1. The summed E-state index contributed by atoms with van der Waals surface area (Å²) in [6.07, 6.45) is 4.16. The Bertz CT molecular complexity index is 1200. The summed E-state index contributed by atoms with van der Waals surface area (Å²) in [5.74, 6) is 0.182. The van der Waals surface area contributed by atoms with Gasteiger partial charge in [-0.2, -0.15) is 0 Å². The monoisotopic (exact) mass is 483 g/mol. The average Bonchev–Trinajstić information content (AvgIpc) is 3.42. The molecule has 3 aromatic rings. The van der Waals surface area contributed by atoms with Crippen LogP contribution in [0.25, 0.3) is 0 Å². The second-order valence-electron chi connectivity index (χ2n) is 10.1. The standard InChI is InChI=1S/C31H37N3O2/c1-22-11-10-16-26(19-22)31(36)34(23(2)24-12-6-5-7-13-24)21-27-20-28(17-18-29(27)33(3)4)32-30(35)25-14-8-9-15-25/h5-7,10-13,16-20,23,25H,8-9,14-15,21H2,1-4H3,(H,32,35)/t23-/m0/s1. The van der Waals surface area contributed by atoms with E-state index in [9.17, 15) is 9.59 Å². The number of carbonyl (C=O) groups is 2. The van der Waals surface area contributed by atoms with Crippen molar-refractivity contribution in [2.45, 2.75) is 52.1 Å². The molecule has 1 saturated carbocycles. The summed E-state index contributed by atoms with van der Waals surface area (Å²) in [5.41, 5.74) is 5.61. The second kappa shape index (κ2) is 11.4. The summed E-state index contributed by atoms with van der Waals surface area (Å²) in [4.78, 5) is 30.7. The smallest absolute Gasteiger partial charge is 0.254 e. The van der Waals surface area contributed by atoms with E-state index in [0.717, 1.165) is 53.7 Å². The minimum absolute atomic E-state index is 0.0137. The first-order chi connectivity index (χ1) is 17.3. The predicted molar refractivity (Wildman–Crippen MR) is 147 cm³/mol. The van der Waals surface area contributed by atoms with E-state index in [1.807, 2.05) is 86.6 Å². The van der Waals surface area contributed by atoms with Gasteiger partial charge >= 0.3 is 0 Å². The maximum atomic E-state index is 13.9. The Morgan fingerprint density at radius 2 is 1.67 bits per heavy atom. The number of hydrogen-bond donors (Lipinski definition) is 1. The van der Waals surface area contributed by atoms with Crippen LogP contribution in [0, 0.1) is 12.8 Å². The van der Waals surface area contributed by atoms with Crippen molar-refractivity contribution in [2.24, 2.45) is 5.92 Å². The van der Waals surface area contributed by atoms with Crippen molar-refractivity contribution in [1.82, 2.24) is 4.90 Å². The minimum Gasteiger partial charge on any atom is -0.377 e. The van der Waals surface area contributed by atoms with E-state index in [1.165, 1.54) is 0 Å². The van der Waals surface area contributed by atoms with Crippen LogP contribution in [-0.4, -0.2) is 30.8 Å². The van der Waals surface area contributed by atoms with Crippen LogP contribution in [0.3, 0.4) is 0 Å². The third-order valence-electron chi connectivity index (χ3n) is 7.17. The molecule has 0 bridgehead atoms. The number of benzene rings is 3. The summed E-state index contributed by atoms with van der Waals surface area (Å²) in [7, 11) is 4.01. The van der Waals surface area contributed by atoms with Gasteiger partial charge in [0.1, 0.15) is 0 Å². The van der Waals surface area contributed by atoms with Gasteiger partial charge in [0.25, 0.3) is 5.91 Å². The van der Waals surface area contributed by atoms with E-state index in [2.05, 4.69) is 29.3 Å². The Hall–Kier alpha value is -3.60. The number of nitrogens with zero attached hydrogens (tertiary/aromatic N) is 2. The second-order valence-corrected chi connectivity index (χ2v) is 10.1.